The van der Waals surface area contributed by atoms with E-state index in [1.807, 2.05) is 13.8 Å². The smallest absolute Gasteiger partial charge is 0.395 e. The second kappa shape index (κ2) is 8.62. The summed E-state index contributed by atoms with van der Waals surface area (Å²) in [5.41, 5.74) is 0.901. The Kier molecular flexibility index (Phi) is 6.17. The maximum absolute atomic E-state index is 13.6. The molecule has 0 bridgehead atoms. The topological polar surface area (TPSA) is 60.5 Å². The Hall–Kier alpha value is -3.26. The monoisotopic (exact) mass is 436 g/mol. The maximum atomic E-state index is 13.6. The zero-order chi connectivity index (χ0) is 21.9. The number of aromatic nitrogens is 1. The van der Waals surface area contributed by atoms with Gasteiger partial charge in [-0.3, -0.25) is 9.78 Å². The highest BCUT2D eigenvalue weighted by Gasteiger charge is 2.43. The third-order valence-corrected chi connectivity index (χ3v) is 4.23. The molecule has 156 valence electrons. The minimum Gasteiger partial charge on any atom is -0.395 e. The van der Waals surface area contributed by atoms with Crippen molar-refractivity contribution < 1.29 is 27.4 Å². The molecule has 0 spiro atoms. The van der Waals surface area contributed by atoms with E-state index in [1.165, 1.54) is 48.7 Å². The van der Waals surface area contributed by atoms with E-state index in [4.69, 9.17) is 11.6 Å². The average Bonchev–Trinajstić information content (AvgIpc) is 3.03. The lowest BCUT2D eigenvalue weighted by atomic mass is 10.1. The summed E-state index contributed by atoms with van der Waals surface area (Å²) < 4.78 is 48.8. The molecule has 1 aromatic heterocycles. The fourth-order valence-corrected chi connectivity index (χ4v) is 2.89. The fourth-order valence-electron chi connectivity index (χ4n) is 2.63. The number of halogens is 4. The number of rotatable bonds is 3. The Morgan fingerprint density at radius 1 is 1.07 bits per heavy atom. The van der Waals surface area contributed by atoms with Crippen molar-refractivity contribution in [2.24, 2.45) is 0 Å². The quantitative estimate of drug-likeness (QED) is 0.535. The van der Waals surface area contributed by atoms with Crippen LogP contribution in [0.15, 0.2) is 54.7 Å². The molecule has 1 aliphatic rings. The normalized spacial score (nSPS) is 13.3. The minimum absolute atomic E-state index is 0.0260. The molecule has 0 saturated carbocycles. The van der Waals surface area contributed by atoms with Crippen molar-refractivity contribution >= 4 is 23.2 Å². The number of ether oxygens (including phenoxy) is 2. The van der Waals surface area contributed by atoms with Crippen LogP contribution in [0.1, 0.15) is 24.3 Å². The van der Waals surface area contributed by atoms with Crippen LogP contribution in [0.4, 0.5) is 18.9 Å². The first-order valence-corrected chi connectivity index (χ1v) is 9.32. The first kappa shape index (κ1) is 21.4. The van der Waals surface area contributed by atoms with Gasteiger partial charge in [0.2, 0.25) is 0 Å². The van der Waals surface area contributed by atoms with Crippen molar-refractivity contribution in [2.45, 2.75) is 20.1 Å². The number of amides is 1. The number of fused-ring (bicyclic) bond motifs is 1. The van der Waals surface area contributed by atoms with Gasteiger partial charge in [0, 0.05) is 23.4 Å². The van der Waals surface area contributed by atoms with Crippen LogP contribution in [0.3, 0.4) is 0 Å². The van der Waals surface area contributed by atoms with Gasteiger partial charge in [-0.1, -0.05) is 43.6 Å². The predicted molar refractivity (Wildman–Crippen MR) is 107 cm³/mol. The molecule has 0 unspecified atom stereocenters. The Morgan fingerprint density at radius 2 is 1.73 bits per heavy atom. The SMILES string of the molecule is CC.O=C(Nc1ccccc1F)c1ccc(-c2cc3c(cc2Cl)OC(F)(F)O3)cn1. The Balaban J connectivity index is 0.00000124. The lowest BCUT2D eigenvalue weighted by Gasteiger charge is -2.08. The van der Waals surface area contributed by atoms with Crippen LogP contribution < -0.4 is 14.8 Å². The summed E-state index contributed by atoms with van der Waals surface area (Å²) in [5.74, 6) is -1.51. The number of nitrogens with zero attached hydrogens (tertiary/aromatic N) is 1. The summed E-state index contributed by atoms with van der Waals surface area (Å²) in [5, 5.41) is 2.56. The molecule has 5 nitrogen and oxygen atoms in total. The first-order chi connectivity index (χ1) is 14.3. The van der Waals surface area contributed by atoms with Crippen LogP contribution in [0.5, 0.6) is 11.5 Å². The molecule has 0 atom stereocenters. The third kappa shape index (κ3) is 4.49. The van der Waals surface area contributed by atoms with Crippen molar-refractivity contribution in [2.75, 3.05) is 5.32 Å². The van der Waals surface area contributed by atoms with Crippen LogP contribution in [-0.2, 0) is 0 Å². The Morgan fingerprint density at radius 3 is 2.37 bits per heavy atom. The molecule has 1 aliphatic heterocycles. The molecule has 4 rings (SSSR count). The zero-order valence-electron chi connectivity index (χ0n) is 15.9. The molecule has 0 fully saturated rings. The van der Waals surface area contributed by atoms with Gasteiger partial charge in [-0.2, -0.15) is 0 Å². The van der Waals surface area contributed by atoms with Crippen molar-refractivity contribution in [3.8, 4) is 22.6 Å². The highest BCUT2D eigenvalue weighted by Crippen LogP contribution is 2.45. The highest BCUT2D eigenvalue weighted by atomic mass is 35.5. The van der Waals surface area contributed by atoms with E-state index in [0.717, 1.165) is 0 Å². The number of para-hydroxylation sites is 1. The molecule has 2 aromatic carbocycles. The fraction of sp³-hybridized carbons (Fsp3) is 0.143. The summed E-state index contributed by atoms with van der Waals surface area (Å²) in [6.45, 7) is 4.00. The number of hydrogen-bond acceptors (Lipinski definition) is 4. The predicted octanol–water partition coefficient (Wildman–Crippen LogP) is 6.14. The molecule has 2 heterocycles. The molecular formula is C21H16ClF3N2O3. The molecule has 0 saturated heterocycles. The van der Waals surface area contributed by atoms with Crippen molar-refractivity contribution in [1.29, 1.82) is 0 Å². The molecular weight excluding hydrogens is 421 g/mol. The average molecular weight is 437 g/mol. The molecule has 1 N–H and O–H groups in total. The van der Waals surface area contributed by atoms with Gasteiger partial charge in [0.25, 0.3) is 5.91 Å². The summed E-state index contributed by atoms with van der Waals surface area (Å²) in [6.07, 6.45) is -2.41. The van der Waals surface area contributed by atoms with Gasteiger partial charge in [-0.15, -0.1) is 8.78 Å². The maximum Gasteiger partial charge on any atom is 0.586 e. The van der Waals surface area contributed by atoms with Gasteiger partial charge in [0.1, 0.15) is 11.5 Å². The summed E-state index contributed by atoms with van der Waals surface area (Å²) in [4.78, 5) is 16.3. The number of hydrogen-bond donors (Lipinski definition) is 1. The van der Waals surface area contributed by atoms with Gasteiger partial charge in [0.05, 0.1) is 10.7 Å². The first-order valence-electron chi connectivity index (χ1n) is 8.94. The number of alkyl halides is 2. The van der Waals surface area contributed by atoms with Gasteiger partial charge < -0.3 is 14.8 Å². The number of pyridine rings is 1. The van der Waals surface area contributed by atoms with Crippen molar-refractivity contribution in [3.05, 3.63) is 71.3 Å². The van der Waals surface area contributed by atoms with E-state index in [9.17, 15) is 18.0 Å². The number of nitrogens with one attached hydrogen (secondary N) is 1. The van der Waals surface area contributed by atoms with E-state index in [1.54, 1.807) is 6.07 Å². The highest BCUT2D eigenvalue weighted by molar-refractivity contribution is 6.33. The van der Waals surface area contributed by atoms with Crippen LogP contribution in [0.2, 0.25) is 5.02 Å². The summed E-state index contributed by atoms with van der Waals surface area (Å²) in [6, 6.07) is 11.2. The van der Waals surface area contributed by atoms with Gasteiger partial charge in [-0.25, -0.2) is 4.39 Å². The van der Waals surface area contributed by atoms with E-state index in [2.05, 4.69) is 19.8 Å². The van der Waals surface area contributed by atoms with E-state index in [-0.39, 0.29) is 27.9 Å². The van der Waals surface area contributed by atoms with Gasteiger partial charge >= 0.3 is 6.29 Å². The lowest BCUT2D eigenvalue weighted by molar-refractivity contribution is -0.286. The van der Waals surface area contributed by atoms with Crippen LogP contribution >= 0.6 is 11.6 Å². The number of carbonyl (C=O) groups excluding carboxylic acids is 1. The van der Waals surface area contributed by atoms with Crippen molar-refractivity contribution in [3.63, 3.8) is 0 Å². The molecule has 9 heteroatoms. The van der Waals surface area contributed by atoms with E-state index < -0.39 is 18.0 Å². The second-order valence-corrected chi connectivity index (χ2v) is 6.22. The largest absolute Gasteiger partial charge is 0.586 e. The summed E-state index contributed by atoms with van der Waals surface area (Å²) in [7, 11) is 0. The number of carbonyl (C=O) groups is 1. The second-order valence-electron chi connectivity index (χ2n) is 5.81. The molecule has 0 radical (unpaired) electrons. The van der Waals surface area contributed by atoms with E-state index >= 15 is 0 Å². The van der Waals surface area contributed by atoms with E-state index in [0.29, 0.717) is 11.1 Å². The van der Waals surface area contributed by atoms with Crippen LogP contribution in [-0.4, -0.2) is 17.2 Å². The van der Waals surface area contributed by atoms with Crippen molar-refractivity contribution in [1.82, 2.24) is 4.98 Å². The zero-order valence-corrected chi connectivity index (χ0v) is 16.6. The molecule has 1 amide bonds. The standard InChI is InChI=1S/C19H10ClF3N2O3.C2H6/c20-12-8-17-16(27-19(22,23)28-17)7-11(12)10-5-6-15(24-9-10)18(26)25-14-4-2-1-3-13(14)21;1-2/h1-9H,(H,25,26);1-2H3. The third-order valence-electron chi connectivity index (χ3n) is 3.92. The summed E-state index contributed by atoms with van der Waals surface area (Å²) >= 11 is 6.13. The molecule has 3 aromatic rings. The lowest BCUT2D eigenvalue weighted by Crippen LogP contribution is -2.25. The number of benzene rings is 2. The Labute approximate surface area is 175 Å². The minimum atomic E-state index is -3.75. The number of anilines is 1. The van der Waals surface area contributed by atoms with Gasteiger partial charge in [-0.05, 0) is 24.3 Å². The van der Waals surface area contributed by atoms with Crippen LogP contribution in [0.25, 0.3) is 11.1 Å². The van der Waals surface area contributed by atoms with Crippen LogP contribution in [0, 0.1) is 5.82 Å². The molecule has 30 heavy (non-hydrogen) atoms. The molecule has 0 aliphatic carbocycles. The van der Waals surface area contributed by atoms with Gasteiger partial charge in [0.15, 0.2) is 11.5 Å². The Bertz CT molecular complexity index is 1080.